The van der Waals surface area contributed by atoms with Crippen LogP contribution >= 0.6 is 0 Å². The highest BCUT2D eigenvalue weighted by atomic mass is 16.8. The first-order valence-electron chi connectivity index (χ1n) is 18.9. The van der Waals surface area contributed by atoms with Crippen molar-refractivity contribution in [2.24, 2.45) is 0 Å². The number of carbonyl (C=O) groups excluding carboxylic acids is 2. The van der Waals surface area contributed by atoms with Crippen LogP contribution in [0, 0.1) is 6.92 Å². The lowest BCUT2D eigenvalue weighted by Gasteiger charge is -2.48. The Morgan fingerprint density at radius 3 is 1.95 bits per heavy atom. The number of nitrogens with one attached hydrogen (secondary N) is 2. The topological polar surface area (TPSA) is 305 Å². The quantitative estimate of drug-likeness (QED) is 0.0681. The average Bonchev–Trinajstić information content (AvgIpc) is 3.21. The van der Waals surface area contributed by atoms with Crippen LogP contribution in [0.15, 0.2) is 48.5 Å². The number of carbonyl (C=O) groups is 2. The van der Waals surface area contributed by atoms with Crippen molar-refractivity contribution in [2.45, 2.75) is 112 Å². The predicted molar refractivity (Wildman–Crippen MR) is 196 cm³/mol. The summed E-state index contributed by atoms with van der Waals surface area (Å²) in [6.45, 7) is 0.715. The van der Waals surface area contributed by atoms with Gasteiger partial charge in [0.05, 0.1) is 26.4 Å². The summed E-state index contributed by atoms with van der Waals surface area (Å²) in [6.07, 6.45) is -23.0. The number of benzene rings is 2. The van der Waals surface area contributed by atoms with E-state index >= 15 is 0 Å². The van der Waals surface area contributed by atoms with Crippen molar-refractivity contribution in [3.05, 3.63) is 54.1 Å². The van der Waals surface area contributed by atoms with Crippen molar-refractivity contribution >= 4 is 11.8 Å². The van der Waals surface area contributed by atoms with Gasteiger partial charge in [-0.2, -0.15) is 0 Å². The fourth-order valence-corrected chi connectivity index (χ4v) is 6.85. The Balaban J connectivity index is 1.14. The van der Waals surface area contributed by atoms with Crippen LogP contribution in [0.2, 0.25) is 0 Å². The lowest BCUT2D eigenvalue weighted by molar-refractivity contribution is -0.376. The molecule has 3 heterocycles. The lowest BCUT2D eigenvalue weighted by atomic mass is 9.95. The zero-order valence-corrected chi connectivity index (χ0v) is 31.9. The zero-order chi connectivity index (χ0) is 42.1. The normalized spacial score (nSPS) is 35.3. The monoisotopic (exact) mass is 826 g/mol. The van der Waals surface area contributed by atoms with Crippen LogP contribution in [0.4, 0.5) is 0 Å². The van der Waals surface area contributed by atoms with Crippen LogP contribution in [0.3, 0.4) is 0 Å². The molecule has 5 rings (SSSR count). The van der Waals surface area contributed by atoms with E-state index in [-0.39, 0.29) is 32.1 Å². The van der Waals surface area contributed by atoms with Gasteiger partial charge in [0, 0.05) is 13.5 Å². The van der Waals surface area contributed by atoms with Gasteiger partial charge in [-0.1, -0.05) is 42.0 Å². The molecule has 3 aliphatic heterocycles. The first-order valence-corrected chi connectivity index (χ1v) is 18.9. The number of aliphatic hydroxyl groups is 9. The van der Waals surface area contributed by atoms with Crippen molar-refractivity contribution in [2.75, 3.05) is 39.6 Å². The molecule has 15 atom stereocenters. The Kier molecular flexibility index (Phi) is 16.7. The molecule has 2 aromatic rings. The fraction of sp³-hybridized carbons (Fsp3) is 0.632. The summed E-state index contributed by atoms with van der Waals surface area (Å²) in [6, 6.07) is 14.1. The van der Waals surface area contributed by atoms with Crippen LogP contribution in [0.25, 0.3) is 11.1 Å². The van der Waals surface area contributed by atoms with Crippen LogP contribution in [0.1, 0.15) is 18.9 Å². The summed E-state index contributed by atoms with van der Waals surface area (Å²) >= 11 is 0. The van der Waals surface area contributed by atoms with Crippen LogP contribution in [-0.4, -0.2) is 189 Å². The van der Waals surface area contributed by atoms with Gasteiger partial charge in [0.1, 0.15) is 78.9 Å². The van der Waals surface area contributed by atoms with E-state index in [1.54, 1.807) is 12.1 Å². The van der Waals surface area contributed by atoms with Crippen molar-refractivity contribution < 1.29 is 88.7 Å². The molecule has 0 aromatic heterocycles. The van der Waals surface area contributed by atoms with Crippen molar-refractivity contribution in [1.82, 2.24) is 10.6 Å². The second-order valence-electron chi connectivity index (χ2n) is 14.3. The van der Waals surface area contributed by atoms with Gasteiger partial charge in [0.2, 0.25) is 5.91 Å². The molecule has 0 spiro atoms. The summed E-state index contributed by atoms with van der Waals surface area (Å²) in [7, 11) is 0. The molecular weight excluding hydrogens is 772 g/mol. The van der Waals surface area contributed by atoms with Crippen LogP contribution in [-0.2, 0) is 38.0 Å². The summed E-state index contributed by atoms with van der Waals surface area (Å²) < 4.78 is 39.7. The maximum Gasteiger partial charge on any atom is 0.257 e. The molecule has 20 nitrogen and oxygen atoms in total. The molecule has 9 unspecified atom stereocenters. The van der Waals surface area contributed by atoms with E-state index in [1.807, 2.05) is 37.3 Å². The van der Waals surface area contributed by atoms with Gasteiger partial charge in [-0.15, -0.1) is 0 Å². The molecule has 2 amide bonds. The molecular formula is C38H54N2O18. The molecule has 2 aromatic carbocycles. The standard InChI is InChI=1S/C38H54N2O18/c1-18-5-3-6-21(13-18)20-7-9-22(10-8-20)53-17-26(45)39-11-4-12-52-36-27(40-19(2)44)30(48)34(25(16-43)56-36)57-38-33(51)35(29(47)24(15-42)55-38)58-37-32(50)31(49)28(46)23(14-41)54-37/h3,5-10,13,23-25,27-38,41-43,46-51H,4,11-12,14-17H2,1-2H3,(H,39,45)(H,40,44)/t23?,24?,25?,27?,28-,29-,30?,31?,32?,33?,34+,35?,36+,37+,38-/m0/s1. The fourth-order valence-electron chi connectivity index (χ4n) is 6.85. The van der Waals surface area contributed by atoms with Gasteiger partial charge in [0.15, 0.2) is 25.5 Å². The smallest absolute Gasteiger partial charge is 0.257 e. The number of amides is 2. The SMILES string of the molecule is CC(=O)NC1C(O)[C@H](O[C@@H]2OC(CO)[C@H](O)C(O[C@H]3OC(CO)[C@H](O)C(O)C3O)C2O)C(CO)O[C@H]1OCCCNC(=O)COc1ccc(-c2cccc(C)c2)cc1. The number of aliphatic hydroxyl groups excluding tert-OH is 9. The third-order valence-electron chi connectivity index (χ3n) is 9.98. The van der Waals surface area contributed by atoms with E-state index in [9.17, 15) is 55.5 Å². The minimum absolute atomic E-state index is 0.0316. The van der Waals surface area contributed by atoms with Crippen molar-refractivity contribution in [1.29, 1.82) is 0 Å². The van der Waals surface area contributed by atoms with Gasteiger partial charge >= 0.3 is 0 Å². The summed E-state index contributed by atoms with van der Waals surface area (Å²) in [5, 5.41) is 99.2. The Morgan fingerprint density at radius 1 is 0.690 bits per heavy atom. The largest absolute Gasteiger partial charge is 0.484 e. The first-order chi connectivity index (χ1) is 27.8. The number of aryl methyl sites for hydroxylation is 1. The summed E-state index contributed by atoms with van der Waals surface area (Å²) in [5.41, 5.74) is 3.21. The van der Waals surface area contributed by atoms with Crippen molar-refractivity contribution in [3.63, 3.8) is 0 Å². The maximum absolute atomic E-state index is 12.4. The molecule has 0 bridgehead atoms. The summed E-state index contributed by atoms with van der Waals surface area (Å²) in [4.78, 5) is 24.6. The highest BCUT2D eigenvalue weighted by Gasteiger charge is 2.54. The molecule has 20 heteroatoms. The molecule has 0 aliphatic carbocycles. The van der Waals surface area contributed by atoms with E-state index in [4.69, 9.17) is 33.2 Å². The van der Waals surface area contributed by atoms with Gasteiger partial charge in [-0.25, -0.2) is 0 Å². The highest BCUT2D eigenvalue weighted by molar-refractivity contribution is 5.77. The molecule has 11 N–H and O–H groups in total. The second-order valence-corrected chi connectivity index (χ2v) is 14.3. The van der Waals surface area contributed by atoms with E-state index in [0.29, 0.717) is 5.75 Å². The zero-order valence-electron chi connectivity index (χ0n) is 31.9. The lowest BCUT2D eigenvalue weighted by Crippen LogP contribution is -2.68. The third-order valence-corrected chi connectivity index (χ3v) is 9.98. The minimum Gasteiger partial charge on any atom is -0.484 e. The van der Waals surface area contributed by atoms with E-state index < -0.39 is 118 Å². The van der Waals surface area contributed by atoms with Crippen LogP contribution in [0.5, 0.6) is 5.75 Å². The Bertz CT molecular complexity index is 1600. The predicted octanol–water partition coefficient (Wildman–Crippen LogP) is -3.84. The van der Waals surface area contributed by atoms with Gasteiger partial charge in [-0.05, 0) is 36.6 Å². The van der Waals surface area contributed by atoms with Crippen molar-refractivity contribution in [3.8, 4) is 16.9 Å². The van der Waals surface area contributed by atoms with E-state index in [1.165, 1.54) is 6.92 Å². The number of rotatable bonds is 17. The maximum atomic E-state index is 12.4. The number of ether oxygens (including phenoxy) is 7. The number of hydrogen-bond acceptors (Lipinski definition) is 18. The molecule has 3 fully saturated rings. The molecule has 0 radical (unpaired) electrons. The van der Waals surface area contributed by atoms with Crippen LogP contribution < -0.4 is 15.4 Å². The molecule has 58 heavy (non-hydrogen) atoms. The minimum atomic E-state index is -1.95. The third kappa shape index (κ3) is 11.2. The van der Waals surface area contributed by atoms with Gasteiger partial charge in [-0.3, -0.25) is 9.59 Å². The Morgan fingerprint density at radius 2 is 1.31 bits per heavy atom. The highest BCUT2D eigenvalue weighted by Crippen LogP contribution is 2.33. The first kappa shape index (κ1) is 45.7. The second kappa shape index (κ2) is 21.2. The Hall–Kier alpha value is -3.42. The van der Waals surface area contributed by atoms with E-state index in [0.717, 1.165) is 16.7 Å². The summed E-state index contributed by atoms with van der Waals surface area (Å²) in [5.74, 6) is -0.457. The Labute approximate surface area is 333 Å². The van der Waals surface area contributed by atoms with Gasteiger partial charge < -0.3 is 89.8 Å². The molecule has 3 aliphatic rings. The molecule has 0 saturated carbocycles. The average molecular weight is 827 g/mol. The molecule has 3 saturated heterocycles. The van der Waals surface area contributed by atoms with E-state index in [2.05, 4.69) is 16.7 Å². The van der Waals surface area contributed by atoms with Gasteiger partial charge in [0.25, 0.3) is 5.91 Å². The molecule has 324 valence electrons. The number of hydrogen-bond donors (Lipinski definition) is 11.